The predicted octanol–water partition coefficient (Wildman–Crippen LogP) is 1.67. The molecular formula is C12H15F3N2O2. The molecule has 1 aromatic carbocycles. The Labute approximate surface area is 108 Å². The molecule has 1 unspecified atom stereocenters. The Morgan fingerprint density at radius 3 is 2.68 bits per heavy atom. The van der Waals surface area contributed by atoms with E-state index in [1.807, 2.05) is 0 Å². The van der Waals surface area contributed by atoms with E-state index in [2.05, 4.69) is 10.6 Å². The molecule has 4 nitrogen and oxygen atoms in total. The third-order valence-corrected chi connectivity index (χ3v) is 2.26. The highest BCUT2D eigenvalue weighted by molar-refractivity contribution is 5.81. The van der Waals surface area contributed by atoms with Crippen molar-refractivity contribution in [3.63, 3.8) is 0 Å². The number of rotatable bonds is 6. The van der Waals surface area contributed by atoms with Crippen LogP contribution in [0.5, 0.6) is 0 Å². The van der Waals surface area contributed by atoms with Gasteiger partial charge in [0.25, 0.3) is 0 Å². The van der Waals surface area contributed by atoms with Crippen molar-refractivity contribution in [1.29, 1.82) is 0 Å². The summed E-state index contributed by atoms with van der Waals surface area (Å²) in [4.78, 5) is 11.4. The Kier molecular flexibility index (Phi) is 5.62. The highest BCUT2D eigenvalue weighted by atomic mass is 19.2. The monoisotopic (exact) mass is 276 g/mol. The highest BCUT2D eigenvalue weighted by Crippen LogP contribution is 2.18. The van der Waals surface area contributed by atoms with Crippen LogP contribution in [-0.4, -0.2) is 32.2 Å². The zero-order valence-electron chi connectivity index (χ0n) is 10.6. The summed E-state index contributed by atoms with van der Waals surface area (Å²) in [6.07, 6.45) is 0. The minimum atomic E-state index is -1.31. The molecule has 0 radical (unpaired) electrons. The van der Waals surface area contributed by atoms with Crippen LogP contribution < -0.4 is 10.6 Å². The topological polar surface area (TPSA) is 50.4 Å². The van der Waals surface area contributed by atoms with E-state index in [0.29, 0.717) is 12.7 Å². The Bertz CT molecular complexity index is 455. The Morgan fingerprint density at radius 2 is 2.05 bits per heavy atom. The molecule has 0 bridgehead atoms. The highest BCUT2D eigenvalue weighted by Gasteiger charge is 2.12. The fourth-order valence-electron chi connectivity index (χ4n) is 1.48. The zero-order valence-corrected chi connectivity index (χ0v) is 10.6. The standard InChI is InChI=1S/C12H15F3N2O2/c1-7(6-19-2)17-11(18)5-16-10-4-8(13)3-9(14)12(10)15/h3-4,7,16H,5-6H2,1-2H3,(H,17,18). The molecular weight excluding hydrogens is 261 g/mol. The van der Waals surface area contributed by atoms with E-state index in [1.165, 1.54) is 7.11 Å². The number of ether oxygens (including phenoxy) is 1. The zero-order chi connectivity index (χ0) is 14.4. The number of carbonyl (C=O) groups is 1. The molecule has 0 aromatic heterocycles. The van der Waals surface area contributed by atoms with Crippen molar-refractivity contribution in [3.05, 3.63) is 29.6 Å². The molecule has 1 atom stereocenters. The van der Waals surface area contributed by atoms with Gasteiger partial charge in [-0.25, -0.2) is 13.2 Å². The molecule has 0 fully saturated rings. The van der Waals surface area contributed by atoms with Crippen molar-refractivity contribution >= 4 is 11.6 Å². The number of benzene rings is 1. The SMILES string of the molecule is COCC(C)NC(=O)CNc1cc(F)cc(F)c1F. The molecule has 1 amide bonds. The molecule has 0 aliphatic rings. The first kappa shape index (κ1) is 15.3. The second kappa shape index (κ2) is 6.98. The first-order valence-electron chi connectivity index (χ1n) is 5.60. The van der Waals surface area contributed by atoms with Gasteiger partial charge in [0, 0.05) is 25.3 Å². The summed E-state index contributed by atoms with van der Waals surface area (Å²) >= 11 is 0. The quantitative estimate of drug-likeness (QED) is 0.777. The largest absolute Gasteiger partial charge is 0.383 e. The average Bonchev–Trinajstić information content (AvgIpc) is 2.32. The molecule has 2 N–H and O–H groups in total. The Balaban J connectivity index is 2.55. The van der Waals surface area contributed by atoms with Gasteiger partial charge >= 0.3 is 0 Å². The number of anilines is 1. The number of methoxy groups -OCH3 is 1. The van der Waals surface area contributed by atoms with Gasteiger partial charge in [-0.05, 0) is 6.92 Å². The summed E-state index contributed by atoms with van der Waals surface area (Å²) in [6.45, 7) is 1.76. The van der Waals surface area contributed by atoms with E-state index in [-0.39, 0.29) is 12.6 Å². The van der Waals surface area contributed by atoms with Gasteiger partial charge < -0.3 is 15.4 Å². The first-order valence-corrected chi connectivity index (χ1v) is 5.60. The molecule has 0 aliphatic heterocycles. The lowest BCUT2D eigenvalue weighted by atomic mass is 10.2. The number of nitrogens with one attached hydrogen (secondary N) is 2. The molecule has 0 saturated carbocycles. The smallest absolute Gasteiger partial charge is 0.239 e. The molecule has 0 saturated heterocycles. The van der Waals surface area contributed by atoms with Crippen LogP contribution in [0, 0.1) is 17.5 Å². The van der Waals surface area contributed by atoms with Crippen LogP contribution in [-0.2, 0) is 9.53 Å². The van der Waals surface area contributed by atoms with Crippen LogP contribution in [0.4, 0.5) is 18.9 Å². The van der Waals surface area contributed by atoms with E-state index in [4.69, 9.17) is 4.74 Å². The molecule has 7 heteroatoms. The maximum absolute atomic E-state index is 13.3. The molecule has 1 rings (SSSR count). The van der Waals surface area contributed by atoms with Gasteiger partial charge in [0.1, 0.15) is 5.82 Å². The number of carbonyl (C=O) groups excluding carboxylic acids is 1. The van der Waals surface area contributed by atoms with Gasteiger partial charge in [-0.1, -0.05) is 0 Å². The van der Waals surface area contributed by atoms with Crippen LogP contribution in [0.3, 0.4) is 0 Å². The van der Waals surface area contributed by atoms with Crippen molar-refractivity contribution in [1.82, 2.24) is 5.32 Å². The molecule has 0 spiro atoms. The van der Waals surface area contributed by atoms with Crippen molar-refractivity contribution in [2.24, 2.45) is 0 Å². The third kappa shape index (κ3) is 4.78. The first-order chi connectivity index (χ1) is 8.93. The van der Waals surface area contributed by atoms with Gasteiger partial charge in [0.2, 0.25) is 5.91 Å². The van der Waals surface area contributed by atoms with E-state index >= 15 is 0 Å². The second-order valence-corrected chi connectivity index (χ2v) is 4.03. The van der Waals surface area contributed by atoms with Crippen LogP contribution >= 0.6 is 0 Å². The Hall–Kier alpha value is -1.76. The van der Waals surface area contributed by atoms with E-state index in [1.54, 1.807) is 6.92 Å². The predicted molar refractivity (Wildman–Crippen MR) is 64.3 cm³/mol. The fraction of sp³-hybridized carbons (Fsp3) is 0.417. The van der Waals surface area contributed by atoms with Crippen LogP contribution in [0.25, 0.3) is 0 Å². The average molecular weight is 276 g/mol. The summed E-state index contributed by atoms with van der Waals surface area (Å²) in [5.41, 5.74) is -0.396. The summed E-state index contributed by atoms with van der Waals surface area (Å²) in [5.74, 6) is -3.89. The van der Waals surface area contributed by atoms with Gasteiger partial charge in [0.15, 0.2) is 11.6 Å². The van der Waals surface area contributed by atoms with E-state index < -0.39 is 29.0 Å². The lowest BCUT2D eigenvalue weighted by molar-refractivity contribution is -0.120. The Morgan fingerprint density at radius 1 is 1.37 bits per heavy atom. The van der Waals surface area contributed by atoms with Crippen molar-refractivity contribution < 1.29 is 22.7 Å². The van der Waals surface area contributed by atoms with Gasteiger partial charge in [-0.2, -0.15) is 0 Å². The molecule has 19 heavy (non-hydrogen) atoms. The molecule has 1 aromatic rings. The van der Waals surface area contributed by atoms with Crippen LogP contribution in [0.15, 0.2) is 12.1 Å². The summed E-state index contributed by atoms with van der Waals surface area (Å²) in [7, 11) is 1.49. The number of hydrogen-bond donors (Lipinski definition) is 2. The minimum absolute atomic E-state index is 0.214. The van der Waals surface area contributed by atoms with Crippen molar-refractivity contribution in [2.75, 3.05) is 25.6 Å². The molecule has 0 aliphatic carbocycles. The third-order valence-electron chi connectivity index (χ3n) is 2.26. The van der Waals surface area contributed by atoms with E-state index in [0.717, 1.165) is 6.07 Å². The van der Waals surface area contributed by atoms with E-state index in [9.17, 15) is 18.0 Å². The number of amides is 1. The van der Waals surface area contributed by atoms with Gasteiger partial charge in [-0.3, -0.25) is 4.79 Å². The summed E-state index contributed by atoms with van der Waals surface area (Å²) in [6, 6.07) is 0.999. The van der Waals surface area contributed by atoms with Crippen molar-refractivity contribution in [3.8, 4) is 0 Å². The second-order valence-electron chi connectivity index (χ2n) is 4.03. The maximum Gasteiger partial charge on any atom is 0.239 e. The molecule has 0 heterocycles. The summed E-state index contributed by atoms with van der Waals surface area (Å²) < 4.78 is 43.9. The lowest BCUT2D eigenvalue weighted by Crippen LogP contribution is -2.39. The number of hydrogen-bond acceptors (Lipinski definition) is 3. The van der Waals surface area contributed by atoms with Crippen LogP contribution in [0.2, 0.25) is 0 Å². The van der Waals surface area contributed by atoms with Crippen LogP contribution in [0.1, 0.15) is 6.92 Å². The number of halogens is 3. The van der Waals surface area contributed by atoms with Gasteiger partial charge in [-0.15, -0.1) is 0 Å². The summed E-state index contributed by atoms with van der Waals surface area (Å²) in [5, 5.41) is 4.90. The lowest BCUT2D eigenvalue weighted by Gasteiger charge is -2.13. The molecule has 106 valence electrons. The minimum Gasteiger partial charge on any atom is -0.383 e. The maximum atomic E-state index is 13.3. The van der Waals surface area contributed by atoms with Crippen molar-refractivity contribution in [2.45, 2.75) is 13.0 Å². The normalized spacial score (nSPS) is 12.1. The van der Waals surface area contributed by atoms with Gasteiger partial charge in [0.05, 0.1) is 18.8 Å². The fourth-order valence-corrected chi connectivity index (χ4v) is 1.48.